The largest absolute Gasteiger partial charge is 0.491 e. The zero-order valence-electron chi connectivity index (χ0n) is 10.6. The summed E-state index contributed by atoms with van der Waals surface area (Å²) >= 11 is 0. The predicted molar refractivity (Wildman–Crippen MR) is 71.2 cm³/mol. The van der Waals surface area contributed by atoms with Crippen LogP contribution in [0.1, 0.15) is 10.4 Å². The lowest BCUT2D eigenvalue weighted by Crippen LogP contribution is -2.19. The van der Waals surface area contributed by atoms with Crippen molar-refractivity contribution in [3.8, 4) is 5.75 Å². The molecule has 18 heavy (non-hydrogen) atoms. The number of fused-ring (bicyclic) bond motifs is 1. The number of aldehydes is 1. The van der Waals surface area contributed by atoms with Gasteiger partial charge in [0.15, 0.2) is 0 Å². The van der Waals surface area contributed by atoms with E-state index in [0.717, 1.165) is 29.5 Å². The van der Waals surface area contributed by atoms with Crippen LogP contribution in [0.15, 0.2) is 30.5 Å². The van der Waals surface area contributed by atoms with Gasteiger partial charge in [-0.3, -0.25) is 9.78 Å². The van der Waals surface area contributed by atoms with Crippen molar-refractivity contribution in [3.63, 3.8) is 0 Å². The molecule has 0 aliphatic rings. The fourth-order valence-electron chi connectivity index (χ4n) is 1.68. The summed E-state index contributed by atoms with van der Waals surface area (Å²) in [5.41, 5.74) is 1.47. The van der Waals surface area contributed by atoms with E-state index in [4.69, 9.17) is 4.74 Å². The first kappa shape index (κ1) is 12.5. The Labute approximate surface area is 106 Å². The molecule has 0 fully saturated rings. The maximum absolute atomic E-state index is 10.8. The van der Waals surface area contributed by atoms with Gasteiger partial charge in [0.05, 0.1) is 5.52 Å². The van der Waals surface area contributed by atoms with E-state index >= 15 is 0 Å². The summed E-state index contributed by atoms with van der Waals surface area (Å²) in [6.07, 6.45) is 2.55. The van der Waals surface area contributed by atoms with Gasteiger partial charge >= 0.3 is 0 Å². The number of aromatic nitrogens is 1. The van der Waals surface area contributed by atoms with Crippen LogP contribution in [0, 0.1) is 0 Å². The Balaban J connectivity index is 2.28. The van der Waals surface area contributed by atoms with E-state index in [2.05, 4.69) is 9.88 Å². The minimum absolute atomic E-state index is 0.609. The van der Waals surface area contributed by atoms with Gasteiger partial charge in [-0.1, -0.05) is 0 Å². The van der Waals surface area contributed by atoms with Crippen LogP contribution in [0.2, 0.25) is 0 Å². The Bertz CT molecular complexity index is 552. The summed E-state index contributed by atoms with van der Waals surface area (Å²) in [5, 5.41) is 0.876. The molecular weight excluding hydrogens is 228 g/mol. The van der Waals surface area contributed by atoms with Crippen LogP contribution < -0.4 is 4.74 Å². The first-order valence-electron chi connectivity index (χ1n) is 5.82. The smallest absolute Gasteiger partial charge is 0.150 e. The number of rotatable bonds is 5. The summed E-state index contributed by atoms with van der Waals surface area (Å²) in [6.45, 7) is 1.45. The molecule has 0 aliphatic heterocycles. The molecule has 4 heteroatoms. The van der Waals surface area contributed by atoms with Crippen molar-refractivity contribution in [2.24, 2.45) is 0 Å². The molecule has 0 bridgehead atoms. The highest BCUT2D eigenvalue weighted by atomic mass is 16.5. The van der Waals surface area contributed by atoms with E-state index in [0.29, 0.717) is 12.2 Å². The summed E-state index contributed by atoms with van der Waals surface area (Å²) in [5.74, 6) is 0.769. The molecule has 0 unspecified atom stereocenters. The monoisotopic (exact) mass is 244 g/mol. The van der Waals surface area contributed by atoms with Gasteiger partial charge < -0.3 is 9.64 Å². The third kappa shape index (κ3) is 2.84. The molecule has 0 saturated carbocycles. The number of ether oxygens (including phenoxy) is 1. The van der Waals surface area contributed by atoms with E-state index in [9.17, 15) is 4.79 Å². The summed E-state index contributed by atoms with van der Waals surface area (Å²) < 4.78 is 5.73. The molecule has 0 aliphatic carbocycles. The molecule has 0 spiro atoms. The van der Waals surface area contributed by atoms with E-state index in [1.807, 2.05) is 26.2 Å². The topological polar surface area (TPSA) is 42.4 Å². The molecule has 2 rings (SSSR count). The molecule has 1 aromatic heterocycles. The van der Waals surface area contributed by atoms with Crippen molar-refractivity contribution in [2.75, 3.05) is 27.2 Å². The van der Waals surface area contributed by atoms with Crippen LogP contribution in [0.25, 0.3) is 10.9 Å². The molecule has 0 saturated heterocycles. The Hall–Kier alpha value is -1.94. The summed E-state index contributed by atoms with van der Waals surface area (Å²) in [6, 6.07) is 7.22. The van der Waals surface area contributed by atoms with E-state index in [1.165, 1.54) is 0 Å². The van der Waals surface area contributed by atoms with E-state index < -0.39 is 0 Å². The molecule has 0 radical (unpaired) electrons. The molecular formula is C14H16N2O2. The molecule has 2 aromatic rings. The molecule has 94 valence electrons. The lowest BCUT2D eigenvalue weighted by atomic mass is 10.1. The Morgan fingerprint density at radius 3 is 2.89 bits per heavy atom. The maximum Gasteiger partial charge on any atom is 0.150 e. The number of nitrogens with zero attached hydrogens (tertiary/aromatic N) is 2. The highest BCUT2D eigenvalue weighted by Crippen LogP contribution is 2.24. The number of pyridine rings is 1. The van der Waals surface area contributed by atoms with Gasteiger partial charge in [-0.25, -0.2) is 0 Å². The van der Waals surface area contributed by atoms with Gasteiger partial charge in [0, 0.05) is 23.7 Å². The van der Waals surface area contributed by atoms with Gasteiger partial charge in [0.25, 0.3) is 0 Å². The fourth-order valence-corrected chi connectivity index (χ4v) is 1.68. The number of carbonyl (C=O) groups excluding carboxylic acids is 1. The normalized spacial score (nSPS) is 10.8. The Kier molecular flexibility index (Phi) is 3.89. The zero-order valence-corrected chi connectivity index (χ0v) is 10.6. The van der Waals surface area contributed by atoms with Crippen molar-refractivity contribution in [1.82, 2.24) is 9.88 Å². The standard InChI is InChI=1S/C14H16N2O2/c1-16(2)7-8-18-14-5-6-15-13-4-3-11(10-17)9-12(13)14/h3-6,9-10H,7-8H2,1-2H3. The van der Waals surface area contributed by atoms with Crippen LogP contribution in [0.4, 0.5) is 0 Å². The van der Waals surface area contributed by atoms with E-state index in [-0.39, 0.29) is 0 Å². The van der Waals surface area contributed by atoms with Gasteiger partial charge in [-0.05, 0) is 38.4 Å². The molecule has 0 amide bonds. The number of hydrogen-bond donors (Lipinski definition) is 0. The van der Waals surface area contributed by atoms with Crippen LogP contribution in [-0.4, -0.2) is 43.4 Å². The van der Waals surface area contributed by atoms with Crippen LogP contribution in [-0.2, 0) is 0 Å². The first-order valence-corrected chi connectivity index (χ1v) is 5.82. The highest BCUT2D eigenvalue weighted by molar-refractivity contribution is 5.90. The second-order valence-corrected chi connectivity index (χ2v) is 4.36. The average Bonchev–Trinajstić information content (AvgIpc) is 2.38. The minimum Gasteiger partial charge on any atom is -0.491 e. The first-order chi connectivity index (χ1) is 8.70. The molecule has 1 heterocycles. The minimum atomic E-state index is 0.609. The van der Waals surface area contributed by atoms with Gasteiger partial charge in [0.1, 0.15) is 18.6 Å². The van der Waals surface area contributed by atoms with Crippen molar-refractivity contribution < 1.29 is 9.53 Å². The Morgan fingerprint density at radius 1 is 1.33 bits per heavy atom. The van der Waals surface area contributed by atoms with Crippen molar-refractivity contribution in [2.45, 2.75) is 0 Å². The van der Waals surface area contributed by atoms with Crippen molar-refractivity contribution in [1.29, 1.82) is 0 Å². The molecule has 1 aromatic carbocycles. The lowest BCUT2D eigenvalue weighted by molar-refractivity contribution is 0.112. The number of benzene rings is 1. The van der Waals surface area contributed by atoms with Gasteiger partial charge in [-0.15, -0.1) is 0 Å². The van der Waals surface area contributed by atoms with Crippen LogP contribution >= 0.6 is 0 Å². The average molecular weight is 244 g/mol. The second-order valence-electron chi connectivity index (χ2n) is 4.36. The molecule has 0 N–H and O–H groups in total. The maximum atomic E-state index is 10.8. The van der Waals surface area contributed by atoms with Gasteiger partial charge in [0.2, 0.25) is 0 Å². The molecule has 0 atom stereocenters. The van der Waals surface area contributed by atoms with Crippen molar-refractivity contribution in [3.05, 3.63) is 36.0 Å². The van der Waals surface area contributed by atoms with Crippen LogP contribution in [0.5, 0.6) is 5.75 Å². The van der Waals surface area contributed by atoms with E-state index in [1.54, 1.807) is 18.3 Å². The van der Waals surface area contributed by atoms with Crippen LogP contribution in [0.3, 0.4) is 0 Å². The summed E-state index contributed by atoms with van der Waals surface area (Å²) in [7, 11) is 4.00. The fraction of sp³-hybridized carbons (Fsp3) is 0.286. The van der Waals surface area contributed by atoms with Crippen molar-refractivity contribution >= 4 is 17.2 Å². The second kappa shape index (κ2) is 5.60. The third-order valence-corrected chi connectivity index (χ3v) is 2.66. The Morgan fingerprint density at radius 2 is 2.17 bits per heavy atom. The zero-order chi connectivity index (χ0) is 13.0. The predicted octanol–water partition coefficient (Wildman–Crippen LogP) is 1.99. The quantitative estimate of drug-likeness (QED) is 0.754. The number of carbonyl (C=O) groups is 1. The molecule has 4 nitrogen and oxygen atoms in total. The SMILES string of the molecule is CN(C)CCOc1ccnc2ccc(C=O)cc12. The highest BCUT2D eigenvalue weighted by Gasteiger charge is 2.04. The number of hydrogen-bond acceptors (Lipinski definition) is 4. The summed E-state index contributed by atoms with van der Waals surface area (Å²) in [4.78, 5) is 17.1. The third-order valence-electron chi connectivity index (χ3n) is 2.66. The van der Waals surface area contributed by atoms with Gasteiger partial charge in [-0.2, -0.15) is 0 Å². The number of likely N-dealkylation sites (N-methyl/N-ethyl adjacent to an activating group) is 1. The lowest BCUT2D eigenvalue weighted by Gasteiger charge is -2.12.